The highest BCUT2D eigenvalue weighted by molar-refractivity contribution is 6.31. The third-order valence-electron chi connectivity index (χ3n) is 5.23. The van der Waals surface area contributed by atoms with E-state index in [2.05, 4.69) is 24.8 Å². The highest BCUT2D eigenvalue weighted by Gasteiger charge is 2.51. The fourth-order valence-electron chi connectivity index (χ4n) is 3.36. The fourth-order valence-corrected chi connectivity index (χ4v) is 3.55. The molecule has 0 bridgehead atoms. The number of hydrogen-bond donors (Lipinski definition) is 1. The van der Waals surface area contributed by atoms with Crippen molar-refractivity contribution in [3.8, 4) is 0 Å². The zero-order chi connectivity index (χ0) is 19.6. The van der Waals surface area contributed by atoms with Crippen molar-refractivity contribution in [2.75, 3.05) is 26.2 Å². The molecular formula is C20H22ClN5O2. The summed E-state index contributed by atoms with van der Waals surface area (Å²) >= 11 is 6.28. The third kappa shape index (κ3) is 4.00. The van der Waals surface area contributed by atoms with Gasteiger partial charge in [-0.15, -0.1) is 0 Å². The Labute approximate surface area is 168 Å². The van der Waals surface area contributed by atoms with E-state index in [0.29, 0.717) is 24.5 Å². The van der Waals surface area contributed by atoms with Crippen LogP contribution in [0.5, 0.6) is 0 Å². The molecule has 0 amide bonds. The molecular weight excluding hydrogens is 378 g/mol. The molecule has 2 heterocycles. The van der Waals surface area contributed by atoms with E-state index in [1.165, 1.54) is 0 Å². The van der Waals surface area contributed by atoms with Gasteiger partial charge in [0.25, 0.3) is 0 Å². The van der Waals surface area contributed by atoms with E-state index in [-0.39, 0.29) is 0 Å². The normalized spacial score (nSPS) is 19.5. The van der Waals surface area contributed by atoms with Crippen LogP contribution in [0.4, 0.5) is 0 Å². The van der Waals surface area contributed by atoms with Gasteiger partial charge in [0, 0.05) is 50.1 Å². The Morgan fingerprint density at radius 1 is 1.11 bits per heavy atom. The van der Waals surface area contributed by atoms with Gasteiger partial charge >= 0.3 is 5.97 Å². The molecule has 1 aromatic carbocycles. The van der Waals surface area contributed by atoms with Crippen molar-refractivity contribution in [2.24, 2.45) is 4.99 Å². The van der Waals surface area contributed by atoms with Gasteiger partial charge in [0.2, 0.25) is 0 Å². The maximum atomic E-state index is 11.6. The van der Waals surface area contributed by atoms with E-state index in [4.69, 9.17) is 11.6 Å². The summed E-state index contributed by atoms with van der Waals surface area (Å²) in [6.07, 6.45) is 4.44. The number of rotatable bonds is 5. The second-order valence-electron chi connectivity index (χ2n) is 7.20. The van der Waals surface area contributed by atoms with Crippen LogP contribution in [0.25, 0.3) is 0 Å². The summed E-state index contributed by atoms with van der Waals surface area (Å²) in [6.45, 7) is 3.92. The Hall–Kier alpha value is -2.51. The number of aliphatic imine (C=N–C) groups is 1. The number of halogens is 1. The number of carboxylic acid groups (broad SMARTS) is 1. The molecule has 28 heavy (non-hydrogen) atoms. The monoisotopic (exact) mass is 399 g/mol. The van der Waals surface area contributed by atoms with Crippen LogP contribution in [0.3, 0.4) is 0 Å². The molecule has 1 saturated carbocycles. The number of nitrogens with zero attached hydrogens (tertiary/aromatic N) is 5. The minimum atomic E-state index is -1.01. The van der Waals surface area contributed by atoms with E-state index in [1.54, 1.807) is 18.5 Å². The molecule has 0 unspecified atom stereocenters. The van der Waals surface area contributed by atoms with Crippen LogP contribution < -0.4 is 0 Å². The standard InChI is InChI=1S/C20H22ClN5O2/c21-16-5-2-1-4-15(16)14-25-10-12-26(13-11-25)18(17-22-8-3-9-23-17)24-20(6-7-20)19(27)28/h1-5,8-9H,6-7,10-14H2,(H,27,28). The van der Waals surface area contributed by atoms with Crippen LogP contribution in [0, 0.1) is 0 Å². The first kappa shape index (κ1) is 18.8. The zero-order valence-corrected chi connectivity index (χ0v) is 16.2. The van der Waals surface area contributed by atoms with Crippen molar-refractivity contribution in [1.29, 1.82) is 0 Å². The molecule has 1 N–H and O–H groups in total. The predicted molar refractivity (Wildman–Crippen MR) is 106 cm³/mol. The van der Waals surface area contributed by atoms with Gasteiger partial charge in [-0.1, -0.05) is 29.8 Å². The first-order valence-electron chi connectivity index (χ1n) is 9.39. The zero-order valence-electron chi connectivity index (χ0n) is 15.5. The van der Waals surface area contributed by atoms with Crippen molar-refractivity contribution < 1.29 is 9.90 Å². The summed E-state index contributed by atoms with van der Waals surface area (Å²) in [5.41, 5.74) is 0.101. The van der Waals surface area contributed by atoms with Gasteiger partial charge < -0.3 is 10.0 Å². The number of carbonyl (C=O) groups is 1. The number of aromatic nitrogens is 2. The lowest BCUT2D eigenvalue weighted by atomic mass is 10.2. The molecule has 0 radical (unpaired) electrons. The van der Waals surface area contributed by atoms with Crippen molar-refractivity contribution in [3.05, 3.63) is 59.1 Å². The van der Waals surface area contributed by atoms with Crippen molar-refractivity contribution in [3.63, 3.8) is 0 Å². The molecule has 8 heteroatoms. The lowest BCUT2D eigenvalue weighted by molar-refractivity contribution is -0.139. The van der Waals surface area contributed by atoms with Gasteiger partial charge in [-0.05, 0) is 30.5 Å². The molecule has 0 atom stereocenters. The highest BCUT2D eigenvalue weighted by atomic mass is 35.5. The van der Waals surface area contributed by atoms with Crippen LogP contribution in [-0.2, 0) is 11.3 Å². The van der Waals surface area contributed by atoms with Gasteiger partial charge in [-0.3, -0.25) is 4.90 Å². The van der Waals surface area contributed by atoms with Crippen molar-refractivity contribution >= 4 is 23.4 Å². The summed E-state index contributed by atoms with van der Waals surface area (Å²) in [5.74, 6) is 0.186. The molecule has 146 valence electrons. The fraction of sp³-hybridized carbons (Fsp3) is 0.400. The molecule has 2 aliphatic rings. The Morgan fingerprint density at radius 3 is 2.39 bits per heavy atom. The second kappa shape index (κ2) is 7.85. The van der Waals surface area contributed by atoms with E-state index >= 15 is 0 Å². The highest BCUT2D eigenvalue weighted by Crippen LogP contribution is 2.40. The Balaban J connectivity index is 1.49. The number of benzene rings is 1. The number of hydrogen-bond acceptors (Lipinski definition) is 5. The van der Waals surface area contributed by atoms with Gasteiger partial charge in [-0.25, -0.2) is 19.8 Å². The molecule has 7 nitrogen and oxygen atoms in total. The summed E-state index contributed by atoms with van der Waals surface area (Å²) in [6, 6.07) is 9.62. The Kier molecular flexibility index (Phi) is 5.28. The number of piperazine rings is 1. The van der Waals surface area contributed by atoms with Crippen molar-refractivity contribution in [2.45, 2.75) is 24.9 Å². The van der Waals surface area contributed by atoms with Crippen molar-refractivity contribution in [1.82, 2.24) is 19.8 Å². The maximum absolute atomic E-state index is 11.6. The van der Waals surface area contributed by atoms with Crippen LogP contribution in [0.15, 0.2) is 47.7 Å². The van der Waals surface area contributed by atoms with Crippen LogP contribution >= 0.6 is 11.6 Å². The number of carboxylic acids is 1. The average molecular weight is 400 g/mol. The summed E-state index contributed by atoms with van der Waals surface area (Å²) < 4.78 is 0. The van der Waals surface area contributed by atoms with E-state index in [9.17, 15) is 9.90 Å². The minimum Gasteiger partial charge on any atom is -0.479 e. The number of amidine groups is 1. The van der Waals surface area contributed by atoms with Gasteiger partial charge in [0.05, 0.1) is 0 Å². The largest absolute Gasteiger partial charge is 0.479 e. The van der Waals surface area contributed by atoms with Crippen LogP contribution in [0.1, 0.15) is 24.2 Å². The van der Waals surface area contributed by atoms with E-state index < -0.39 is 11.5 Å². The second-order valence-corrected chi connectivity index (χ2v) is 7.61. The smallest absolute Gasteiger partial charge is 0.331 e. The molecule has 2 aromatic rings. The summed E-state index contributed by atoms with van der Waals surface area (Å²) in [7, 11) is 0. The summed E-state index contributed by atoms with van der Waals surface area (Å²) in [5, 5.41) is 10.3. The lowest BCUT2D eigenvalue weighted by Gasteiger charge is -2.36. The molecule has 1 aliphatic carbocycles. The van der Waals surface area contributed by atoms with E-state index in [0.717, 1.165) is 43.3 Å². The van der Waals surface area contributed by atoms with Crippen LogP contribution in [0.2, 0.25) is 5.02 Å². The molecule has 0 spiro atoms. The molecule has 1 aromatic heterocycles. The van der Waals surface area contributed by atoms with Gasteiger partial charge in [0.15, 0.2) is 17.2 Å². The van der Waals surface area contributed by atoms with E-state index in [1.807, 2.05) is 24.3 Å². The topological polar surface area (TPSA) is 81.9 Å². The molecule has 2 fully saturated rings. The molecule has 4 rings (SSSR count). The third-order valence-corrected chi connectivity index (χ3v) is 5.60. The first-order chi connectivity index (χ1) is 13.6. The van der Waals surface area contributed by atoms with Gasteiger partial charge in [0.1, 0.15) is 0 Å². The molecule has 1 aliphatic heterocycles. The number of aliphatic carboxylic acids is 1. The lowest BCUT2D eigenvalue weighted by Crippen LogP contribution is -2.49. The van der Waals surface area contributed by atoms with Crippen LogP contribution in [-0.4, -0.2) is 68.4 Å². The maximum Gasteiger partial charge on any atom is 0.331 e. The SMILES string of the molecule is O=C(O)C1(N=C(c2ncccn2)N2CCN(Cc3ccccc3Cl)CC2)CC1. The Morgan fingerprint density at radius 2 is 1.79 bits per heavy atom. The quantitative estimate of drug-likeness (QED) is 0.613. The Bertz CT molecular complexity index is 877. The predicted octanol–water partition coefficient (Wildman–Crippen LogP) is 2.31. The minimum absolute atomic E-state index is 0.481. The van der Waals surface area contributed by atoms with Gasteiger partial charge in [-0.2, -0.15) is 0 Å². The molecule has 1 saturated heterocycles. The average Bonchev–Trinajstić information content (AvgIpc) is 3.51. The first-order valence-corrected chi connectivity index (χ1v) is 9.76. The summed E-state index contributed by atoms with van der Waals surface area (Å²) in [4.78, 5) is 29.3.